The van der Waals surface area contributed by atoms with Crippen LogP contribution in [0.15, 0.2) is 42.0 Å². The van der Waals surface area contributed by atoms with E-state index in [1.165, 1.54) is 0 Å². The van der Waals surface area contributed by atoms with E-state index >= 15 is 0 Å². The smallest absolute Gasteiger partial charge is 0.336 e. The number of rotatable bonds is 2. The Morgan fingerprint density at radius 3 is 2.57 bits per heavy atom. The summed E-state index contributed by atoms with van der Waals surface area (Å²) < 4.78 is 10.3. The van der Waals surface area contributed by atoms with E-state index in [1.54, 1.807) is 13.0 Å². The Morgan fingerprint density at radius 1 is 1.29 bits per heavy atom. The van der Waals surface area contributed by atoms with E-state index in [4.69, 9.17) is 9.47 Å². The van der Waals surface area contributed by atoms with E-state index in [-0.39, 0.29) is 5.97 Å². The summed E-state index contributed by atoms with van der Waals surface area (Å²) in [5.41, 5.74) is 0.589. The van der Waals surface area contributed by atoms with Crippen LogP contribution in [0.3, 0.4) is 0 Å². The van der Waals surface area contributed by atoms with Gasteiger partial charge in [-0.05, 0) is 19.1 Å². The molecule has 0 spiro atoms. The first-order valence-electron chi connectivity index (χ1n) is 4.37. The van der Waals surface area contributed by atoms with Gasteiger partial charge in [-0.2, -0.15) is 0 Å². The van der Waals surface area contributed by atoms with E-state index in [0.717, 1.165) is 0 Å². The van der Waals surface area contributed by atoms with Gasteiger partial charge in [0.2, 0.25) is 0 Å². The third-order valence-corrected chi connectivity index (χ3v) is 1.93. The van der Waals surface area contributed by atoms with Crippen LogP contribution in [0.25, 0.3) is 0 Å². The van der Waals surface area contributed by atoms with Crippen LogP contribution in [0.5, 0.6) is 5.75 Å². The van der Waals surface area contributed by atoms with Gasteiger partial charge in [0, 0.05) is 11.6 Å². The van der Waals surface area contributed by atoms with Crippen molar-refractivity contribution in [2.24, 2.45) is 0 Å². The van der Waals surface area contributed by atoms with Crippen molar-refractivity contribution in [2.45, 2.75) is 13.2 Å². The first kappa shape index (κ1) is 8.81. The summed E-state index contributed by atoms with van der Waals surface area (Å²) >= 11 is 0. The number of hydrogen-bond donors (Lipinski definition) is 0. The predicted octanol–water partition coefficient (Wildman–Crippen LogP) is 1.89. The van der Waals surface area contributed by atoms with Gasteiger partial charge in [0.15, 0.2) is 0 Å². The largest absolute Gasteiger partial charge is 0.451 e. The standard InChI is InChI=1S/C11H10O3/c1-8-7-10(14-11(8)12)13-9-5-3-2-4-6-9/h2-7,10H,1H3. The van der Waals surface area contributed by atoms with Gasteiger partial charge in [-0.1, -0.05) is 18.2 Å². The molecule has 0 saturated heterocycles. The summed E-state index contributed by atoms with van der Waals surface area (Å²) in [7, 11) is 0. The molecule has 0 radical (unpaired) electrons. The van der Waals surface area contributed by atoms with E-state index in [0.29, 0.717) is 11.3 Å². The average Bonchev–Trinajstić information content (AvgIpc) is 2.47. The molecule has 2 rings (SSSR count). The van der Waals surface area contributed by atoms with Crippen molar-refractivity contribution in [3.8, 4) is 5.75 Å². The maximum absolute atomic E-state index is 11.0. The summed E-state index contributed by atoms with van der Waals surface area (Å²) in [4.78, 5) is 11.0. The molecule has 1 unspecified atom stereocenters. The molecule has 72 valence electrons. The number of ether oxygens (including phenoxy) is 2. The Hall–Kier alpha value is -1.77. The molecule has 3 nitrogen and oxygen atoms in total. The number of carbonyl (C=O) groups is 1. The number of benzene rings is 1. The zero-order valence-electron chi connectivity index (χ0n) is 7.77. The molecule has 0 N–H and O–H groups in total. The lowest BCUT2D eigenvalue weighted by molar-refractivity contribution is -0.148. The lowest BCUT2D eigenvalue weighted by Gasteiger charge is -2.10. The average molecular weight is 190 g/mol. The molecule has 1 heterocycles. The molecule has 0 saturated carbocycles. The summed E-state index contributed by atoms with van der Waals surface area (Å²) in [6.45, 7) is 1.71. The SMILES string of the molecule is CC1=CC(Oc2ccccc2)OC1=O. The second-order valence-electron chi connectivity index (χ2n) is 3.05. The third-order valence-electron chi connectivity index (χ3n) is 1.93. The summed E-state index contributed by atoms with van der Waals surface area (Å²) in [6, 6.07) is 9.25. The van der Waals surface area contributed by atoms with Gasteiger partial charge in [-0.3, -0.25) is 0 Å². The van der Waals surface area contributed by atoms with Gasteiger partial charge >= 0.3 is 5.97 Å². The van der Waals surface area contributed by atoms with Crippen LogP contribution in [0.2, 0.25) is 0 Å². The number of carbonyl (C=O) groups excluding carboxylic acids is 1. The maximum Gasteiger partial charge on any atom is 0.336 e. The van der Waals surface area contributed by atoms with Crippen LogP contribution in [-0.4, -0.2) is 12.3 Å². The van der Waals surface area contributed by atoms with E-state index in [2.05, 4.69) is 0 Å². The van der Waals surface area contributed by atoms with Crippen LogP contribution in [0.1, 0.15) is 6.92 Å². The van der Waals surface area contributed by atoms with Gasteiger partial charge in [-0.25, -0.2) is 4.79 Å². The van der Waals surface area contributed by atoms with Gasteiger partial charge in [0.25, 0.3) is 6.29 Å². The lowest BCUT2D eigenvalue weighted by atomic mass is 10.3. The first-order valence-corrected chi connectivity index (χ1v) is 4.37. The second kappa shape index (κ2) is 3.54. The molecule has 1 aromatic rings. The minimum Gasteiger partial charge on any atom is -0.451 e. The predicted molar refractivity (Wildman–Crippen MR) is 50.7 cm³/mol. The Kier molecular flexibility index (Phi) is 2.23. The molecule has 0 aromatic heterocycles. The summed E-state index contributed by atoms with van der Waals surface area (Å²) in [6.07, 6.45) is 1.08. The zero-order valence-corrected chi connectivity index (χ0v) is 7.77. The zero-order chi connectivity index (χ0) is 9.97. The highest BCUT2D eigenvalue weighted by Gasteiger charge is 2.23. The third kappa shape index (κ3) is 1.76. The molecular formula is C11H10O3. The maximum atomic E-state index is 11.0. The van der Waals surface area contributed by atoms with Crippen LogP contribution >= 0.6 is 0 Å². The molecular weight excluding hydrogens is 180 g/mol. The topological polar surface area (TPSA) is 35.5 Å². The minimum absolute atomic E-state index is 0.314. The van der Waals surface area contributed by atoms with Gasteiger partial charge in [0.1, 0.15) is 5.75 Å². The van der Waals surface area contributed by atoms with Crippen LogP contribution in [0, 0.1) is 0 Å². The molecule has 14 heavy (non-hydrogen) atoms. The molecule has 1 aliphatic heterocycles. The molecule has 0 bridgehead atoms. The Balaban J connectivity index is 2.04. The van der Waals surface area contributed by atoms with Crippen LogP contribution in [-0.2, 0) is 9.53 Å². The second-order valence-corrected chi connectivity index (χ2v) is 3.05. The van der Waals surface area contributed by atoms with Gasteiger partial charge in [-0.15, -0.1) is 0 Å². The van der Waals surface area contributed by atoms with Gasteiger partial charge < -0.3 is 9.47 Å². The van der Waals surface area contributed by atoms with Crippen molar-refractivity contribution in [3.05, 3.63) is 42.0 Å². The van der Waals surface area contributed by atoms with E-state index in [1.807, 2.05) is 30.3 Å². The van der Waals surface area contributed by atoms with E-state index in [9.17, 15) is 4.79 Å². The fourth-order valence-electron chi connectivity index (χ4n) is 1.20. The molecule has 0 amide bonds. The molecule has 1 aliphatic rings. The molecule has 3 heteroatoms. The number of cyclic esters (lactones) is 1. The minimum atomic E-state index is -0.579. The summed E-state index contributed by atoms with van der Waals surface area (Å²) in [5.74, 6) is 0.377. The van der Waals surface area contributed by atoms with Crippen molar-refractivity contribution in [1.82, 2.24) is 0 Å². The monoisotopic (exact) mass is 190 g/mol. The number of para-hydroxylation sites is 1. The molecule has 0 fully saturated rings. The quantitative estimate of drug-likeness (QED) is 0.668. The highest BCUT2D eigenvalue weighted by Crippen LogP contribution is 2.18. The van der Waals surface area contributed by atoms with E-state index < -0.39 is 6.29 Å². The molecule has 1 aromatic carbocycles. The fraction of sp³-hybridized carbons (Fsp3) is 0.182. The van der Waals surface area contributed by atoms with Crippen LogP contribution < -0.4 is 4.74 Å². The first-order chi connectivity index (χ1) is 6.75. The van der Waals surface area contributed by atoms with Crippen molar-refractivity contribution < 1.29 is 14.3 Å². The van der Waals surface area contributed by atoms with Crippen molar-refractivity contribution in [1.29, 1.82) is 0 Å². The van der Waals surface area contributed by atoms with Crippen LogP contribution in [0.4, 0.5) is 0 Å². The van der Waals surface area contributed by atoms with Crippen molar-refractivity contribution in [3.63, 3.8) is 0 Å². The Labute approximate surface area is 81.9 Å². The lowest BCUT2D eigenvalue weighted by Crippen LogP contribution is -2.15. The fourth-order valence-corrected chi connectivity index (χ4v) is 1.20. The normalized spacial score (nSPS) is 20.2. The van der Waals surface area contributed by atoms with Crippen molar-refractivity contribution in [2.75, 3.05) is 0 Å². The Morgan fingerprint density at radius 2 is 2.00 bits per heavy atom. The molecule has 1 atom stereocenters. The highest BCUT2D eigenvalue weighted by molar-refractivity contribution is 5.89. The number of hydrogen-bond acceptors (Lipinski definition) is 3. The summed E-state index contributed by atoms with van der Waals surface area (Å²) in [5, 5.41) is 0. The number of esters is 1. The van der Waals surface area contributed by atoms with Gasteiger partial charge in [0.05, 0.1) is 0 Å². The highest BCUT2D eigenvalue weighted by atomic mass is 16.7. The van der Waals surface area contributed by atoms with Crippen molar-refractivity contribution >= 4 is 5.97 Å². The Bertz CT molecular complexity index is 367. The molecule has 0 aliphatic carbocycles.